The average Bonchev–Trinajstić information content (AvgIpc) is 2.74. The van der Waals surface area contributed by atoms with Crippen molar-refractivity contribution in [2.75, 3.05) is 12.4 Å². The molecule has 7 nitrogen and oxygen atoms in total. The summed E-state index contributed by atoms with van der Waals surface area (Å²) in [5.41, 5.74) is 1.57. The highest BCUT2D eigenvalue weighted by atomic mass is 19.3. The number of hydrogen-bond acceptors (Lipinski definition) is 7. The number of esters is 1. The van der Waals surface area contributed by atoms with Gasteiger partial charge in [0.15, 0.2) is 11.7 Å². The van der Waals surface area contributed by atoms with Gasteiger partial charge in [-0.05, 0) is 25.1 Å². The fourth-order valence-corrected chi connectivity index (χ4v) is 2.99. The summed E-state index contributed by atoms with van der Waals surface area (Å²) in [5.74, 6) is -1.91. The van der Waals surface area contributed by atoms with Crippen LogP contribution in [0.4, 0.5) is 14.6 Å². The van der Waals surface area contributed by atoms with E-state index in [1.165, 1.54) is 13.2 Å². The summed E-state index contributed by atoms with van der Waals surface area (Å²) in [7, 11) is 1.18. The minimum atomic E-state index is -2.98. The van der Waals surface area contributed by atoms with E-state index in [-0.39, 0.29) is 17.3 Å². The summed E-state index contributed by atoms with van der Waals surface area (Å²) in [6, 6.07) is 14.6. The molecule has 2 unspecified atom stereocenters. The molecule has 0 fully saturated rings. The van der Waals surface area contributed by atoms with Gasteiger partial charge < -0.3 is 14.8 Å². The van der Waals surface area contributed by atoms with E-state index in [4.69, 9.17) is 4.74 Å². The van der Waals surface area contributed by atoms with Crippen LogP contribution in [0.2, 0.25) is 0 Å². The molecule has 0 aliphatic heterocycles. The molecule has 0 saturated carbocycles. The van der Waals surface area contributed by atoms with Crippen molar-refractivity contribution < 1.29 is 23.0 Å². The van der Waals surface area contributed by atoms with Crippen LogP contribution in [0.25, 0.3) is 11.0 Å². The molecule has 1 N–H and O–H groups in total. The van der Waals surface area contributed by atoms with Gasteiger partial charge in [-0.1, -0.05) is 30.3 Å². The predicted octanol–water partition coefficient (Wildman–Crippen LogP) is 4.18. The second kappa shape index (κ2) is 9.13. The van der Waals surface area contributed by atoms with Gasteiger partial charge in [-0.25, -0.2) is 9.97 Å². The second-order valence-corrected chi connectivity index (χ2v) is 6.31. The molecular weight excluding hydrogens is 394 g/mol. The van der Waals surface area contributed by atoms with Crippen molar-refractivity contribution in [1.82, 2.24) is 9.97 Å². The van der Waals surface area contributed by atoms with Crippen LogP contribution in [0.1, 0.15) is 30.1 Å². The summed E-state index contributed by atoms with van der Waals surface area (Å²) < 4.78 is 34.8. The van der Waals surface area contributed by atoms with E-state index in [0.29, 0.717) is 16.6 Å². The molecule has 1 heterocycles. The van der Waals surface area contributed by atoms with Gasteiger partial charge in [0.1, 0.15) is 11.4 Å². The molecule has 0 amide bonds. The van der Waals surface area contributed by atoms with Gasteiger partial charge in [0.25, 0.3) is 0 Å². The third-order valence-corrected chi connectivity index (χ3v) is 4.39. The van der Waals surface area contributed by atoms with Crippen LogP contribution in [0, 0.1) is 11.3 Å². The minimum Gasteiger partial charge on any atom is -0.468 e. The van der Waals surface area contributed by atoms with E-state index in [1.54, 1.807) is 49.4 Å². The lowest BCUT2D eigenvalue weighted by Crippen LogP contribution is -2.19. The average molecular weight is 412 g/mol. The van der Waals surface area contributed by atoms with Gasteiger partial charge in [-0.2, -0.15) is 14.0 Å². The van der Waals surface area contributed by atoms with Crippen LogP contribution >= 0.6 is 0 Å². The number of nitrogens with zero attached hydrogens (tertiary/aromatic N) is 3. The Hall–Kier alpha value is -3.80. The Kier molecular flexibility index (Phi) is 6.37. The second-order valence-electron chi connectivity index (χ2n) is 6.31. The molecule has 0 aliphatic rings. The molecule has 3 rings (SSSR count). The van der Waals surface area contributed by atoms with Gasteiger partial charge in [0, 0.05) is 5.56 Å². The predicted molar refractivity (Wildman–Crippen MR) is 105 cm³/mol. The van der Waals surface area contributed by atoms with E-state index >= 15 is 0 Å². The molecule has 0 spiro atoms. The number of aromatic nitrogens is 2. The van der Waals surface area contributed by atoms with Crippen molar-refractivity contribution in [1.29, 1.82) is 5.26 Å². The lowest BCUT2D eigenvalue weighted by atomic mass is 10.0. The molecule has 154 valence electrons. The van der Waals surface area contributed by atoms with Gasteiger partial charge in [0.05, 0.1) is 30.3 Å². The number of nitrogens with one attached hydrogen (secondary N) is 1. The number of para-hydroxylation sites is 3. The zero-order valence-electron chi connectivity index (χ0n) is 16.2. The Morgan fingerprint density at radius 3 is 2.37 bits per heavy atom. The van der Waals surface area contributed by atoms with E-state index in [1.807, 2.05) is 6.07 Å². The van der Waals surface area contributed by atoms with Crippen LogP contribution in [0.3, 0.4) is 0 Å². The molecular formula is C21H18F2N4O3. The molecule has 9 heteroatoms. The monoisotopic (exact) mass is 412 g/mol. The number of alkyl halides is 2. The van der Waals surface area contributed by atoms with E-state index < -0.39 is 24.5 Å². The number of halogens is 2. The first kappa shape index (κ1) is 20.9. The molecule has 0 radical (unpaired) electrons. The first-order valence-electron chi connectivity index (χ1n) is 8.99. The first-order valence-corrected chi connectivity index (χ1v) is 8.99. The Morgan fingerprint density at radius 1 is 1.10 bits per heavy atom. The van der Waals surface area contributed by atoms with Crippen molar-refractivity contribution in [2.24, 2.45) is 0 Å². The van der Waals surface area contributed by atoms with Crippen molar-refractivity contribution in [2.45, 2.75) is 25.5 Å². The molecule has 2 atom stereocenters. The number of carbonyl (C=O) groups excluding carboxylic acids is 1. The summed E-state index contributed by atoms with van der Waals surface area (Å²) >= 11 is 0. The minimum absolute atomic E-state index is 0.00704. The maximum absolute atomic E-state index is 12.8. The van der Waals surface area contributed by atoms with Crippen LogP contribution in [-0.4, -0.2) is 29.7 Å². The zero-order chi connectivity index (χ0) is 21.7. The quantitative estimate of drug-likeness (QED) is 0.581. The Morgan fingerprint density at radius 2 is 1.73 bits per heavy atom. The van der Waals surface area contributed by atoms with Gasteiger partial charge >= 0.3 is 12.6 Å². The number of nitriles is 1. The number of rotatable bonds is 7. The maximum atomic E-state index is 12.8. The SMILES string of the molecule is COC(=O)C(C#N)c1nc2ccccc2nc1NC(C)c1ccccc1OC(F)F. The highest BCUT2D eigenvalue weighted by molar-refractivity contribution is 5.85. The number of hydrogen-bond donors (Lipinski definition) is 1. The summed E-state index contributed by atoms with van der Waals surface area (Å²) in [6.07, 6.45) is 0. The normalized spacial score (nSPS) is 12.8. The molecule has 0 aliphatic carbocycles. The highest BCUT2D eigenvalue weighted by Crippen LogP contribution is 2.31. The lowest BCUT2D eigenvalue weighted by molar-refractivity contribution is -0.141. The lowest BCUT2D eigenvalue weighted by Gasteiger charge is -2.21. The molecule has 2 aromatic carbocycles. The fraction of sp³-hybridized carbons (Fsp3) is 0.238. The van der Waals surface area contributed by atoms with Crippen molar-refractivity contribution >= 4 is 22.8 Å². The van der Waals surface area contributed by atoms with Crippen molar-refractivity contribution in [3.63, 3.8) is 0 Å². The van der Waals surface area contributed by atoms with E-state index in [9.17, 15) is 18.8 Å². The highest BCUT2D eigenvalue weighted by Gasteiger charge is 2.28. The summed E-state index contributed by atoms with van der Waals surface area (Å²) in [5, 5.41) is 12.6. The third kappa shape index (κ3) is 4.43. The third-order valence-electron chi connectivity index (χ3n) is 4.39. The molecule has 1 aromatic heterocycles. The van der Waals surface area contributed by atoms with Crippen molar-refractivity contribution in [3.05, 3.63) is 59.8 Å². The number of benzene rings is 2. The smallest absolute Gasteiger partial charge is 0.387 e. The first-order chi connectivity index (χ1) is 14.4. The number of fused-ring (bicyclic) bond motifs is 1. The number of carbonyl (C=O) groups is 1. The summed E-state index contributed by atoms with van der Waals surface area (Å²) in [6.45, 7) is -1.26. The zero-order valence-corrected chi connectivity index (χ0v) is 16.2. The topological polar surface area (TPSA) is 97.1 Å². The van der Waals surface area contributed by atoms with Crippen molar-refractivity contribution in [3.8, 4) is 11.8 Å². The fourth-order valence-electron chi connectivity index (χ4n) is 2.99. The molecule has 3 aromatic rings. The number of ether oxygens (including phenoxy) is 2. The number of anilines is 1. The Balaban J connectivity index is 2.06. The van der Waals surface area contributed by atoms with Gasteiger partial charge in [0.2, 0.25) is 0 Å². The van der Waals surface area contributed by atoms with E-state index in [0.717, 1.165) is 0 Å². The Bertz CT molecular complexity index is 1100. The molecule has 0 saturated heterocycles. The maximum Gasteiger partial charge on any atom is 0.387 e. The van der Waals surface area contributed by atoms with Crippen LogP contribution < -0.4 is 10.1 Å². The van der Waals surface area contributed by atoms with Crippen LogP contribution in [0.5, 0.6) is 5.75 Å². The molecule has 30 heavy (non-hydrogen) atoms. The van der Waals surface area contributed by atoms with Crippen LogP contribution in [-0.2, 0) is 9.53 Å². The largest absolute Gasteiger partial charge is 0.468 e. The number of methoxy groups -OCH3 is 1. The Labute approximate surface area is 171 Å². The molecule has 0 bridgehead atoms. The summed E-state index contributed by atoms with van der Waals surface area (Å²) in [4.78, 5) is 21.0. The van der Waals surface area contributed by atoms with Crippen LogP contribution in [0.15, 0.2) is 48.5 Å². The van der Waals surface area contributed by atoms with E-state index in [2.05, 4.69) is 20.0 Å². The van der Waals surface area contributed by atoms with Gasteiger partial charge in [-0.3, -0.25) is 4.79 Å². The van der Waals surface area contributed by atoms with Gasteiger partial charge in [-0.15, -0.1) is 0 Å². The standard InChI is InChI=1S/C21H18F2N4O3/c1-12(13-7-3-6-10-17(13)30-21(22)23)25-19-18(14(11-24)20(28)29-2)26-15-8-4-5-9-16(15)27-19/h3-10,12,14,21H,1-2H3,(H,25,27).